The Labute approximate surface area is 125 Å². The van der Waals surface area contributed by atoms with E-state index in [0.717, 1.165) is 28.5 Å². The number of aryl methyl sites for hydroxylation is 2. The first-order chi connectivity index (χ1) is 10.1. The van der Waals surface area contributed by atoms with Gasteiger partial charge >= 0.3 is 0 Å². The minimum atomic E-state index is 0.0139. The SMILES string of the molecule is CCc1ccc(NC(=O)C[NH+](C)Cc2ccc(C)o2)cc1. The normalized spacial score (nSPS) is 12.1. The number of nitrogens with one attached hydrogen (secondary N) is 2. The van der Waals surface area contributed by atoms with Crippen LogP contribution in [0.15, 0.2) is 40.8 Å². The molecule has 1 amide bonds. The maximum Gasteiger partial charge on any atom is 0.279 e. The molecular formula is C17H23N2O2+. The van der Waals surface area contributed by atoms with E-state index in [1.165, 1.54) is 5.56 Å². The van der Waals surface area contributed by atoms with Gasteiger partial charge in [-0.1, -0.05) is 19.1 Å². The Hall–Kier alpha value is -2.07. The Balaban J connectivity index is 1.82. The molecule has 0 aliphatic carbocycles. The Morgan fingerprint density at radius 3 is 2.48 bits per heavy atom. The third kappa shape index (κ3) is 4.76. The molecule has 0 saturated carbocycles. The van der Waals surface area contributed by atoms with Crippen molar-refractivity contribution < 1.29 is 14.1 Å². The highest BCUT2D eigenvalue weighted by molar-refractivity contribution is 5.91. The van der Waals surface area contributed by atoms with Crippen LogP contribution in [0.25, 0.3) is 0 Å². The molecule has 1 heterocycles. The van der Waals surface area contributed by atoms with Crippen molar-refractivity contribution in [3.63, 3.8) is 0 Å². The number of rotatable bonds is 6. The maximum absolute atomic E-state index is 12.0. The molecule has 21 heavy (non-hydrogen) atoms. The predicted molar refractivity (Wildman–Crippen MR) is 83.4 cm³/mol. The minimum absolute atomic E-state index is 0.0139. The van der Waals surface area contributed by atoms with Gasteiger partial charge in [0, 0.05) is 5.69 Å². The summed E-state index contributed by atoms with van der Waals surface area (Å²) in [5, 5.41) is 2.92. The molecule has 2 N–H and O–H groups in total. The number of likely N-dealkylation sites (N-methyl/N-ethyl adjacent to an activating group) is 1. The monoisotopic (exact) mass is 287 g/mol. The van der Waals surface area contributed by atoms with Crippen LogP contribution in [0.5, 0.6) is 0 Å². The van der Waals surface area contributed by atoms with Crippen molar-refractivity contribution in [2.24, 2.45) is 0 Å². The van der Waals surface area contributed by atoms with Crippen LogP contribution in [0.3, 0.4) is 0 Å². The van der Waals surface area contributed by atoms with E-state index in [0.29, 0.717) is 13.1 Å². The molecule has 1 unspecified atom stereocenters. The molecule has 0 aliphatic rings. The number of furan rings is 1. The summed E-state index contributed by atoms with van der Waals surface area (Å²) in [4.78, 5) is 13.1. The van der Waals surface area contributed by atoms with Crippen LogP contribution in [-0.4, -0.2) is 19.5 Å². The van der Waals surface area contributed by atoms with Crippen LogP contribution in [0.4, 0.5) is 5.69 Å². The summed E-state index contributed by atoms with van der Waals surface area (Å²) >= 11 is 0. The molecule has 4 heteroatoms. The number of hydrogen-bond donors (Lipinski definition) is 2. The molecule has 1 atom stereocenters. The molecule has 0 aliphatic heterocycles. The number of quaternary nitrogens is 1. The second-order valence-corrected chi connectivity index (χ2v) is 5.42. The quantitative estimate of drug-likeness (QED) is 0.851. The van der Waals surface area contributed by atoms with Crippen molar-refractivity contribution in [3.8, 4) is 0 Å². The second-order valence-electron chi connectivity index (χ2n) is 5.42. The van der Waals surface area contributed by atoms with Crippen LogP contribution in [0.1, 0.15) is 24.0 Å². The van der Waals surface area contributed by atoms with Crippen molar-refractivity contribution in [2.75, 3.05) is 18.9 Å². The third-order valence-electron chi connectivity index (χ3n) is 3.38. The van der Waals surface area contributed by atoms with Crippen molar-refractivity contribution >= 4 is 11.6 Å². The molecule has 0 radical (unpaired) electrons. The lowest BCUT2D eigenvalue weighted by atomic mass is 10.1. The number of hydrogen-bond acceptors (Lipinski definition) is 2. The Bertz CT molecular complexity index is 587. The smallest absolute Gasteiger partial charge is 0.279 e. The van der Waals surface area contributed by atoms with Crippen LogP contribution in [0.2, 0.25) is 0 Å². The van der Waals surface area contributed by atoms with Gasteiger partial charge in [0.05, 0.1) is 7.05 Å². The van der Waals surface area contributed by atoms with Gasteiger partial charge in [-0.25, -0.2) is 0 Å². The Kier molecular flexibility index (Phi) is 5.17. The molecule has 2 rings (SSSR count). The predicted octanol–water partition coefficient (Wildman–Crippen LogP) is 1.80. The molecule has 1 aromatic heterocycles. The molecule has 0 saturated heterocycles. The van der Waals surface area contributed by atoms with Crippen LogP contribution in [0, 0.1) is 6.92 Å². The van der Waals surface area contributed by atoms with Crippen molar-refractivity contribution in [3.05, 3.63) is 53.5 Å². The van der Waals surface area contributed by atoms with E-state index < -0.39 is 0 Å². The van der Waals surface area contributed by atoms with Gasteiger partial charge in [-0.3, -0.25) is 4.79 Å². The number of benzene rings is 1. The average Bonchev–Trinajstić information content (AvgIpc) is 2.84. The second kappa shape index (κ2) is 7.09. The zero-order chi connectivity index (χ0) is 15.2. The van der Waals surface area contributed by atoms with Gasteiger partial charge in [-0.2, -0.15) is 0 Å². The topological polar surface area (TPSA) is 46.7 Å². The molecule has 0 fully saturated rings. The van der Waals surface area contributed by atoms with E-state index in [1.54, 1.807) is 0 Å². The fourth-order valence-electron chi connectivity index (χ4n) is 2.24. The maximum atomic E-state index is 12.0. The van der Waals surface area contributed by atoms with E-state index in [1.807, 2.05) is 50.4 Å². The highest BCUT2D eigenvalue weighted by Gasteiger charge is 2.12. The Morgan fingerprint density at radius 2 is 1.90 bits per heavy atom. The zero-order valence-corrected chi connectivity index (χ0v) is 12.9. The first-order valence-electron chi connectivity index (χ1n) is 7.32. The van der Waals surface area contributed by atoms with Gasteiger partial charge < -0.3 is 14.6 Å². The summed E-state index contributed by atoms with van der Waals surface area (Å²) in [5.74, 6) is 1.82. The van der Waals surface area contributed by atoms with Gasteiger partial charge in [-0.05, 0) is 43.2 Å². The van der Waals surface area contributed by atoms with E-state index in [-0.39, 0.29) is 5.91 Å². The summed E-state index contributed by atoms with van der Waals surface area (Å²) in [6.07, 6.45) is 1.00. The molecule has 0 bridgehead atoms. The largest absolute Gasteiger partial charge is 0.460 e. The number of anilines is 1. The molecule has 2 aromatic rings. The zero-order valence-electron chi connectivity index (χ0n) is 12.9. The molecule has 4 nitrogen and oxygen atoms in total. The first kappa shape index (κ1) is 15.3. The number of amides is 1. The fourth-order valence-corrected chi connectivity index (χ4v) is 2.24. The molecular weight excluding hydrogens is 264 g/mol. The van der Waals surface area contributed by atoms with E-state index in [2.05, 4.69) is 12.2 Å². The third-order valence-corrected chi connectivity index (χ3v) is 3.38. The fraction of sp³-hybridized carbons (Fsp3) is 0.353. The van der Waals surface area contributed by atoms with Crippen molar-refractivity contribution in [1.82, 2.24) is 0 Å². The van der Waals surface area contributed by atoms with E-state index in [4.69, 9.17) is 4.42 Å². The summed E-state index contributed by atoms with van der Waals surface area (Å²) in [6, 6.07) is 11.9. The van der Waals surface area contributed by atoms with Gasteiger partial charge in [0.1, 0.15) is 12.3 Å². The number of carbonyl (C=O) groups excluding carboxylic acids is 1. The standard InChI is InChI=1S/C17H22N2O2/c1-4-14-6-8-15(9-7-14)18-17(20)12-19(3)11-16-10-5-13(2)21-16/h5-10H,4,11-12H2,1-3H3,(H,18,20)/p+1. The Morgan fingerprint density at radius 1 is 1.19 bits per heavy atom. The van der Waals surface area contributed by atoms with Crippen molar-refractivity contribution in [1.29, 1.82) is 0 Å². The molecule has 1 aromatic carbocycles. The van der Waals surface area contributed by atoms with Crippen LogP contribution >= 0.6 is 0 Å². The lowest BCUT2D eigenvalue weighted by molar-refractivity contribution is -0.886. The molecule has 0 spiro atoms. The minimum Gasteiger partial charge on any atom is -0.460 e. The van der Waals surface area contributed by atoms with E-state index >= 15 is 0 Å². The summed E-state index contributed by atoms with van der Waals surface area (Å²) in [5.41, 5.74) is 2.11. The van der Waals surface area contributed by atoms with E-state index in [9.17, 15) is 4.79 Å². The van der Waals surface area contributed by atoms with Crippen LogP contribution in [-0.2, 0) is 17.8 Å². The molecule has 112 valence electrons. The lowest BCUT2D eigenvalue weighted by Gasteiger charge is -2.12. The van der Waals surface area contributed by atoms with Crippen molar-refractivity contribution in [2.45, 2.75) is 26.8 Å². The first-order valence-corrected chi connectivity index (χ1v) is 7.32. The average molecular weight is 287 g/mol. The summed E-state index contributed by atoms with van der Waals surface area (Å²) in [7, 11) is 1.98. The summed E-state index contributed by atoms with van der Waals surface area (Å²) < 4.78 is 5.53. The van der Waals surface area contributed by atoms with Gasteiger partial charge in [0.15, 0.2) is 12.3 Å². The number of carbonyl (C=O) groups is 1. The van der Waals surface area contributed by atoms with Crippen LogP contribution < -0.4 is 10.2 Å². The lowest BCUT2D eigenvalue weighted by Crippen LogP contribution is -3.08. The summed E-state index contributed by atoms with van der Waals surface area (Å²) in [6.45, 7) is 5.15. The van der Waals surface area contributed by atoms with Gasteiger partial charge in [-0.15, -0.1) is 0 Å². The highest BCUT2D eigenvalue weighted by Crippen LogP contribution is 2.09. The van der Waals surface area contributed by atoms with Gasteiger partial charge in [0.2, 0.25) is 0 Å². The highest BCUT2D eigenvalue weighted by atomic mass is 16.3. The van der Waals surface area contributed by atoms with Gasteiger partial charge in [0.25, 0.3) is 5.91 Å².